The number of carbonyl (C=O) groups is 4. The fourth-order valence-electron chi connectivity index (χ4n) is 11.5. The Kier molecular flexibility index (Phi) is 14.8. The first-order chi connectivity index (χ1) is 34.8. The van der Waals surface area contributed by atoms with Gasteiger partial charge in [-0.3, -0.25) is 9.80 Å². The van der Waals surface area contributed by atoms with E-state index in [0.29, 0.717) is 36.3 Å². The molecule has 2 N–H and O–H groups in total. The van der Waals surface area contributed by atoms with Crippen LogP contribution in [0.25, 0.3) is 0 Å². The van der Waals surface area contributed by atoms with Gasteiger partial charge in [0.25, 0.3) is 0 Å². The molecule has 4 aliphatic heterocycles. The van der Waals surface area contributed by atoms with Gasteiger partial charge in [0.1, 0.15) is 25.3 Å². The van der Waals surface area contributed by atoms with Gasteiger partial charge in [-0.15, -0.1) is 0 Å². The number of hydrogen-bond acceptors (Lipinski definition) is 10. The van der Waals surface area contributed by atoms with Gasteiger partial charge in [0.2, 0.25) is 0 Å². The molecule has 376 valence electrons. The molecule has 4 aromatic carbocycles. The van der Waals surface area contributed by atoms with Crippen molar-refractivity contribution in [3.63, 3.8) is 0 Å². The van der Waals surface area contributed by atoms with E-state index in [1.54, 1.807) is 0 Å². The summed E-state index contributed by atoms with van der Waals surface area (Å²) in [7, 11) is 0. The second-order valence-corrected chi connectivity index (χ2v) is 19.7. The highest BCUT2D eigenvalue weighted by molar-refractivity contribution is 5.93. The molecular formula is C54H56F4N8O6. The van der Waals surface area contributed by atoms with Crippen molar-refractivity contribution in [2.45, 2.75) is 111 Å². The Morgan fingerprint density at radius 3 is 1.26 bits per heavy atom. The largest absolute Gasteiger partial charge is 0.446 e. The molecule has 0 spiro atoms. The van der Waals surface area contributed by atoms with Crippen molar-refractivity contribution < 1.29 is 46.2 Å². The number of rotatable bonds is 8. The quantitative estimate of drug-likeness (QED) is 0.162. The minimum atomic E-state index is -1.04. The zero-order chi connectivity index (χ0) is 50.6. The molecule has 6 amide bonds. The fourth-order valence-corrected chi connectivity index (χ4v) is 11.5. The van der Waals surface area contributed by atoms with E-state index >= 15 is 0 Å². The smallest absolute Gasteiger partial charge is 0.418 e. The Hall–Kier alpha value is -7.02. The van der Waals surface area contributed by atoms with E-state index < -0.39 is 70.4 Å². The third kappa shape index (κ3) is 10.3. The van der Waals surface area contributed by atoms with E-state index in [0.717, 1.165) is 122 Å². The highest BCUT2D eigenvalue weighted by Crippen LogP contribution is 2.43. The first-order valence-electron chi connectivity index (χ1n) is 24.6. The molecule has 4 atom stereocenters. The maximum Gasteiger partial charge on any atom is 0.418 e. The van der Waals surface area contributed by atoms with Gasteiger partial charge in [-0.25, -0.2) is 46.5 Å². The molecule has 2 saturated carbocycles. The number of urea groups is 2. The molecule has 2 unspecified atom stereocenters. The van der Waals surface area contributed by atoms with Gasteiger partial charge in [0, 0.05) is 50.3 Å². The lowest BCUT2D eigenvalue weighted by atomic mass is 9.69. The number of likely N-dealkylation sites (tertiary alicyclic amines) is 2. The van der Waals surface area contributed by atoms with Gasteiger partial charge >= 0.3 is 24.2 Å². The van der Waals surface area contributed by atoms with Crippen LogP contribution in [0.15, 0.2) is 97.1 Å². The molecule has 72 heavy (non-hydrogen) atoms. The fraction of sp³-hybridized carbons (Fsp3) is 0.444. The molecular weight excluding hydrogens is 933 g/mol. The van der Waals surface area contributed by atoms with Crippen LogP contribution in [0.1, 0.15) is 98.5 Å². The second kappa shape index (κ2) is 21.4. The van der Waals surface area contributed by atoms with Crippen molar-refractivity contribution in [3.8, 4) is 12.1 Å². The Labute approximate surface area is 415 Å². The molecule has 0 bridgehead atoms. The molecule has 0 aromatic heterocycles. The lowest BCUT2D eigenvalue weighted by Crippen LogP contribution is -2.48. The predicted molar refractivity (Wildman–Crippen MR) is 254 cm³/mol. The Morgan fingerprint density at radius 1 is 0.542 bits per heavy atom. The Morgan fingerprint density at radius 2 is 0.917 bits per heavy atom. The van der Waals surface area contributed by atoms with Gasteiger partial charge in [-0.1, -0.05) is 72.8 Å². The SMILES string of the molecule is N#CC1(c2ccccc2)CCC(N2CCC(NC(=O)N3C(=O)OC[C@@H]3c3ccc(F)c(F)c3)C2)CC1.N#CC1(c2ccccc2)CCC(N2CCC(NC(=O)N3C(=O)OC[C@@H]3c3ccc(F)c(F)c3)C2)CC1. The summed E-state index contributed by atoms with van der Waals surface area (Å²) in [5, 5.41) is 25.8. The topological polar surface area (TPSA) is 171 Å². The van der Waals surface area contributed by atoms with E-state index in [2.05, 4.69) is 32.6 Å². The number of benzene rings is 4. The highest BCUT2D eigenvalue weighted by atomic mass is 19.2. The summed E-state index contributed by atoms with van der Waals surface area (Å²) in [6, 6.07) is 29.2. The van der Waals surface area contributed by atoms with Gasteiger partial charge in [0.05, 0.1) is 23.0 Å². The van der Waals surface area contributed by atoms with Gasteiger partial charge < -0.3 is 20.1 Å². The molecule has 0 radical (unpaired) electrons. The monoisotopic (exact) mass is 988 g/mol. The maximum atomic E-state index is 13.7. The van der Waals surface area contributed by atoms with E-state index in [9.17, 15) is 47.3 Å². The van der Waals surface area contributed by atoms with Crippen molar-refractivity contribution in [2.75, 3.05) is 39.4 Å². The number of ether oxygens (including phenoxy) is 2. The lowest BCUT2D eigenvalue weighted by molar-refractivity contribution is 0.152. The molecule has 14 nitrogen and oxygen atoms in total. The second-order valence-electron chi connectivity index (χ2n) is 19.7. The molecule has 2 aliphatic carbocycles. The maximum absolute atomic E-state index is 13.7. The molecule has 6 fully saturated rings. The minimum absolute atomic E-state index is 0.113. The number of nitrogens with zero attached hydrogens (tertiary/aromatic N) is 6. The number of cyclic esters (lactones) is 2. The molecule has 6 aliphatic rings. The van der Waals surface area contributed by atoms with E-state index in [1.807, 2.05) is 60.7 Å². The standard InChI is InChI=1S/2C27H28F2N4O3/c2*28-22-7-6-18(14-23(22)29)24-16-36-26(35)33(24)25(34)31-20-10-13-32(15-20)21-8-11-27(17-30,12-9-21)19-4-2-1-3-5-19/h2*1-7,14,20-21,24H,8-13,15-16H2,(H,31,34)/t2*20?,21?,24-,27?/m11/s1. The van der Waals surface area contributed by atoms with Crippen molar-refractivity contribution in [1.82, 2.24) is 30.2 Å². The van der Waals surface area contributed by atoms with Crippen molar-refractivity contribution >= 4 is 24.2 Å². The lowest BCUT2D eigenvalue weighted by Gasteiger charge is -2.39. The zero-order valence-corrected chi connectivity index (χ0v) is 39.7. The van der Waals surface area contributed by atoms with Crippen LogP contribution in [0.3, 0.4) is 0 Å². The van der Waals surface area contributed by atoms with Crippen LogP contribution in [0.5, 0.6) is 0 Å². The summed E-state index contributed by atoms with van der Waals surface area (Å²) < 4.78 is 64.2. The first kappa shape index (κ1) is 49.9. The van der Waals surface area contributed by atoms with Crippen LogP contribution in [0.4, 0.5) is 36.7 Å². The molecule has 18 heteroatoms. The summed E-state index contributed by atoms with van der Waals surface area (Å²) >= 11 is 0. The van der Waals surface area contributed by atoms with Crippen molar-refractivity contribution in [1.29, 1.82) is 10.5 Å². The number of hydrogen-bond donors (Lipinski definition) is 2. The van der Waals surface area contributed by atoms with Gasteiger partial charge in [0.15, 0.2) is 23.3 Å². The number of imide groups is 2. The van der Waals surface area contributed by atoms with Gasteiger partial charge in [-0.05, 0) is 111 Å². The number of nitrogens with one attached hydrogen (secondary N) is 2. The number of halogens is 4. The summed E-state index contributed by atoms with van der Waals surface area (Å²) in [6.45, 7) is 2.71. The summed E-state index contributed by atoms with van der Waals surface area (Å²) in [6.07, 6.45) is 6.65. The van der Waals surface area contributed by atoms with E-state index in [4.69, 9.17) is 9.47 Å². The van der Waals surface area contributed by atoms with Crippen LogP contribution in [-0.4, -0.2) is 107 Å². The zero-order valence-electron chi connectivity index (χ0n) is 39.7. The average molecular weight is 989 g/mol. The van der Waals surface area contributed by atoms with E-state index in [-0.39, 0.29) is 25.3 Å². The third-order valence-electron chi connectivity index (χ3n) is 15.7. The van der Waals surface area contributed by atoms with Crippen LogP contribution in [0.2, 0.25) is 0 Å². The normalized spacial score (nSPS) is 28.5. The third-order valence-corrected chi connectivity index (χ3v) is 15.7. The van der Waals surface area contributed by atoms with Crippen LogP contribution in [0, 0.1) is 45.9 Å². The van der Waals surface area contributed by atoms with Gasteiger partial charge in [-0.2, -0.15) is 10.5 Å². The summed E-state index contributed by atoms with van der Waals surface area (Å²) in [5.74, 6) is -4.08. The number of carbonyl (C=O) groups excluding carboxylic acids is 4. The van der Waals surface area contributed by atoms with Crippen LogP contribution < -0.4 is 10.6 Å². The van der Waals surface area contributed by atoms with Crippen LogP contribution in [-0.2, 0) is 20.3 Å². The first-order valence-corrected chi connectivity index (χ1v) is 24.6. The Bertz CT molecular complexity index is 2540. The summed E-state index contributed by atoms with van der Waals surface area (Å²) in [4.78, 5) is 57.2. The number of nitriles is 2. The molecule has 4 heterocycles. The summed E-state index contributed by atoms with van der Waals surface area (Å²) in [5.41, 5.74) is 1.84. The molecule has 4 aromatic rings. The molecule has 4 saturated heterocycles. The van der Waals surface area contributed by atoms with Crippen LogP contribution >= 0.6 is 0 Å². The van der Waals surface area contributed by atoms with Crippen molar-refractivity contribution in [3.05, 3.63) is 143 Å². The van der Waals surface area contributed by atoms with Crippen molar-refractivity contribution in [2.24, 2.45) is 0 Å². The van der Waals surface area contributed by atoms with E-state index in [1.165, 1.54) is 12.1 Å². The highest BCUT2D eigenvalue weighted by Gasteiger charge is 2.45. The Balaban J connectivity index is 0.000000178. The predicted octanol–water partition coefficient (Wildman–Crippen LogP) is 9.29. The minimum Gasteiger partial charge on any atom is -0.446 e. The average Bonchev–Trinajstić information content (AvgIpc) is 4.24. The molecule has 10 rings (SSSR count). The number of amides is 6.